The highest BCUT2D eigenvalue weighted by Crippen LogP contribution is 2.22. The van der Waals surface area contributed by atoms with E-state index in [1.165, 1.54) is 0 Å². The van der Waals surface area contributed by atoms with E-state index >= 15 is 0 Å². The molecule has 1 aromatic heterocycles. The third-order valence-electron chi connectivity index (χ3n) is 4.17. The van der Waals surface area contributed by atoms with E-state index in [0.29, 0.717) is 5.82 Å². The molecule has 1 N–H and O–H groups in total. The van der Waals surface area contributed by atoms with E-state index in [1.54, 1.807) is 19.1 Å². The third kappa shape index (κ3) is 3.68. The van der Waals surface area contributed by atoms with Gasteiger partial charge >= 0.3 is 0 Å². The van der Waals surface area contributed by atoms with Crippen molar-refractivity contribution in [2.75, 3.05) is 12.8 Å². The Balaban J connectivity index is 1.73. The van der Waals surface area contributed by atoms with Crippen LogP contribution in [0.1, 0.15) is 24.4 Å². The van der Waals surface area contributed by atoms with Gasteiger partial charge < -0.3 is 9.84 Å². The van der Waals surface area contributed by atoms with Gasteiger partial charge in [0.25, 0.3) is 0 Å². The van der Waals surface area contributed by atoms with Crippen LogP contribution in [0.15, 0.2) is 40.9 Å². The Bertz CT molecular complexity index is 951. The topological polar surface area (TPSA) is 105 Å². The zero-order valence-corrected chi connectivity index (χ0v) is 15.5. The Kier molecular flexibility index (Phi) is 4.92. The molecule has 0 saturated carbocycles. The number of sulfonamides is 1. The van der Waals surface area contributed by atoms with Gasteiger partial charge in [-0.05, 0) is 19.4 Å². The third-order valence-corrected chi connectivity index (χ3v) is 5.39. The second-order valence-corrected chi connectivity index (χ2v) is 8.14. The highest BCUT2D eigenvalue weighted by molar-refractivity contribution is 7.88. The maximum Gasteiger partial charge on any atom is 0.249 e. The molecule has 1 amide bonds. The summed E-state index contributed by atoms with van der Waals surface area (Å²) in [5, 5.41) is 6.70. The van der Waals surface area contributed by atoms with Gasteiger partial charge in [-0.3, -0.25) is 4.79 Å². The molecule has 2 heterocycles. The van der Waals surface area contributed by atoms with E-state index in [1.807, 2.05) is 31.2 Å². The fraction of sp³-hybridized carbons (Fsp3) is 0.353. The molecule has 26 heavy (non-hydrogen) atoms. The number of hydrogen-bond donors (Lipinski definition) is 1. The molecule has 2 aromatic rings. The number of rotatable bonds is 5. The molecule has 0 fully saturated rings. The number of hydrogen-bond acceptors (Lipinski definition) is 6. The van der Waals surface area contributed by atoms with Crippen LogP contribution in [-0.4, -0.2) is 47.6 Å². The Morgan fingerprint density at radius 1 is 1.38 bits per heavy atom. The summed E-state index contributed by atoms with van der Waals surface area (Å²) in [6.07, 6.45) is 4.30. The van der Waals surface area contributed by atoms with Crippen LogP contribution in [0.3, 0.4) is 0 Å². The molecular formula is C17H20N4O4S. The van der Waals surface area contributed by atoms with Crippen LogP contribution in [0.4, 0.5) is 0 Å². The first-order chi connectivity index (χ1) is 12.3. The molecule has 0 spiro atoms. The van der Waals surface area contributed by atoms with Gasteiger partial charge in [-0.25, -0.2) is 8.42 Å². The van der Waals surface area contributed by atoms with Crippen molar-refractivity contribution in [2.24, 2.45) is 0 Å². The summed E-state index contributed by atoms with van der Waals surface area (Å²) in [5.41, 5.74) is 1.86. The summed E-state index contributed by atoms with van der Waals surface area (Å²) in [6, 6.07) is 6.22. The Morgan fingerprint density at radius 3 is 2.81 bits per heavy atom. The molecule has 138 valence electrons. The van der Waals surface area contributed by atoms with Crippen LogP contribution in [0.5, 0.6) is 0 Å². The predicted molar refractivity (Wildman–Crippen MR) is 95.5 cm³/mol. The molecule has 1 aromatic carbocycles. The first-order valence-corrected chi connectivity index (χ1v) is 9.95. The van der Waals surface area contributed by atoms with Crippen LogP contribution < -0.4 is 5.32 Å². The van der Waals surface area contributed by atoms with Gasteiger partial charge in [-0.15, -0.1) is 0 Å². The summed E-state index contributed by atoms with van der Waals surface area (Å²) in [7, 11) is -3.48. The summed E-state index contributed by atoms with van der Waals surface area (Å²) < 4.78 is 29.9. The van der Waals surface area contributed by atoms with Crippen molar-refractivity contribution in [3.8, 4) is 11.4 Å². The molecule has 3 rings (SSSR count). The van der Waals surface area contributed by atoms with Gasteiger partial charge in [-0.2, -0.15) is 9.29 Å². The smallest absolute Gasteiger partial charge is 0.249 e. The van der Waals surface area contributed by atoms with Crippen LogP contribution >= 0.6 is 0 Å². The van der Waals surface area contributed by atoms with E-state index < -0.39 is 28.0 Å². The number of benzene rings is 1. The lowest BCUT2D eigenvalue weighted by Gasteiger charge is -2.22. The monoisotopic (exact) mass is 376 g/mol. The van der Waals surface area contributed by atoms with Crippen LogP contribution in [0, 0.1) is 6.92 Å². The van der Waals surface area contributed by atoms with Crippen LogP contribution in [0.25, 0.3) is 11.4 Å². The predicted octanol–water partition coefficient (Wildman–Crippen LogP) is 1.42. The summed E-state index contributed by atoms with van der Waals surface area (Å²) >= 11 is 0. The molecule has 0 aliphatic carbocycles. The van der Waals surface area contributed by atoms with Crippen LogP contribution in [-0.2, 0) is 14.8 Å². The van der Waals surface area contributed by atoms with Gasteiger partial charge in [-0.1, -0.05) is 41.6 Å². The highest BCUT2D eigenvalue weighted by atomic mass is 32.2. The number of nitrogens with zero attached hydrogens (tertiary/aromatic N) is 3. The molecule has 0 saturated heterocycles. The van der Waals surface area contributed by atoms with Crippen LogP contribution in [0.2, 0.25) is 0 Å². The number of carbonyl (C=O) groups excluding carboxylic acids is 1. The largest absolute Gasteiger partial charge is 0.343 e. The highest BCUT2D eigenvalue weighted by Gasteiger charge is 2.34. The molecule has 1 aliphatic heterocycles. The second-order valence-electron chi connectivity index (χ2n) is 6.21. The molecule has 2 atom stereocenters. The molecule has 1 aliphatic rings. The molecular weight excluding hydrogens is 356 g/mol. The molecule has 8 nitrogen and oxygen atoms in total. The Hall–Kier alpha value is -2.52. The zero-order chi connectivity index (χ0) is 18.9. The molecule has 0 bridgehead atoms. The van der Waals surface area contributed by atoms with E-state index in [2.05, 4.69) is 15.5 Å². The molecule has 0 radical (unpaired) electrons. The minimum Gasteiger partial charge on any atom is -0.343 e. The summed E-state index contributed by atoms with van der Waals surface area (Å²) in [4.78, 5) is 16.8. The molecule has 0 unspecified atom stereocenters. The number of aromatic nitrogens is 2. The van der Waals surface area contributed by atoms with E-state index in [-0.39, 0.29) is 12.4 Å². The van der Waals surface area contributed by atoms with Gasteiger partial charge in [0, 0.05) is 12.1 Å². The Labute approximate surface area is 151 Å². The number of aryl methyl sites for hydroxylation is 1. The van der Waals surface area contributed by atoms with Crippen molar-refractivity contribution >= 4 is 15.9 Å². The first-order valence-electron chi connectivity index (χ1n) is 8.11. The fourth-order valence-electron chi connectivity index (χ4n) is 2.77. The summed E-state index contributed by atoms with van der Waals surface area (Å²) in [5.74, 6) is 0.259. The summed E-state index contributed by atoms with van der Waals surface area (Å²) in [6.45, 7) is 3.84. The standard InChI is InChI=1S/C17H20N4O4S/c1-11-7-4-5-8-13(11)15-19-17(25-20-15)12(2)18-16(22)14-9-6-10-21(14)26(3,23)24/h4-9,12,14H,10H2,1-3H3,(H,18,22)/t12-,14-/m0/s1. The SMILES string of the molecule is Cc1ccccc1-c1noc([C@H](C)NC(=O)[C@@H]2C=CCN2S(C)(=O)=O)n1. The van der Waals surface area contributed by atoms with E-state index in [0.717, 1.165) is 21.7 Å². The first kappa shape index (κ1) is 18.3. The maximum atomic E-state index is 12.5. The minimum atomic E-state index is -3.48. The fourth-order valence-corrected chi connectivity index (χ4v) is 3.70. The van der Waals surface area contributed by atoms with Gasteiger partial charge in [0.15, 0.2) is 0 Å². The average molecular weight is 376 g/mol. The lowest BCUT2D eigenvalue weighted by molar-refractivity contribution is -0.124. The van der Waals surface area contributed by atoms with Gasteiger partial charge in [0.2, 0.25) is 27.6 Å². The van der Waals surface area contributed by atoms with Gasteiger partial charge in [0.1, 0.15) is 12.1 Å². The van der Waals surface area contributed by atoms with E-state index in [9.17, 15) is 13.2 Å². The second kappa shape index (κ2) is 7.00. The minimum absolute atomic E-state index is 0.184. The lowest BCUT2D eigenvalue weighted by Crippen LogP contribution is -2.46. The van der Waals surface area contributed by atoms with Crippen molar-refractivity contribution in [1.29, 1.82) is 0 Å². The van der Waals surface area contributed by atoms with Crippen molar-refractivity contribution in [2.45, 2.75) is 25.9 Å². The quantitative estimate of drug-likeness (QED) is 0.791. The van der Waals surface area contributed by atoms with Gasteiger partial charge in [0.05, 0.1) is 6.26 Å². The van der Waals surface area contributed by atoms with Crippen molar-refractivity contribution in [3.63, 3.8) is 0 Å². The van der Waals surface area contributed by atoms with Crippen molar-refractivity contribution < 1.29 is 17.7 Å². The lowest BCUT2D eigenvalue weighted by atomic mass is 10.1. The van der Waals surface area contributed by atoms with Crippen molar-refractivity contribution in [3.05, 3.63) is 47.9 Å². The Morgan fingerprint density at radius 2 is 2.12 bits per heavy atom. The normalized spacial score (nSPS) is 18.8. The number of nitrogens with one attached hydrogen (secondary N) is 1. The number of amides is 1. The maximum absolute atomic E-state index is 12.5. The zero-order valence-electron chi connectivity index (χ0n) is 14.7. The van der Waals surface area contributed by atoms with Crippen molar-refractivity contribution in [1.82, 2.24) is 19.8 Å². The average Bonchev–Trinajstić information content (AvgIpc) is 3.24. The number of carbonyl (C=O) groups is 1. The van der Waals surface area contributed by atoms with E-state index in [4.69, 9.17) is 4.52 Å². The molecule has 9 heteroatoms.